The number of nitrogens with one attached hydrogen (secondary N) is 2. The molecule has 1 atom stereocenters. The van der Waals surface area contributed by atoms with Crippen molar-refractivity contribution in [2.45, 2.75) is 26.8 Å². The van der Waals surface area contributed by atoms with E-state index < -0.39 is 46.9 Å². The highest BCUT2D eigenvalue weighted by atomic mass is 19.1. The monoisotopic (exact) mass is 408 g/mol. The molecule has 0 bridgehead atoms. The molecule has 156 valence electrons. The fourth-order valence-corrected chi connectivity index (χ4v) is 2.58. The molecule has 1 heterocycles. The predicted octanol–water partition coefficient (Wildman–Crippen LogP) is 2.11. The first-order valence-corrected chi connectivity index (χ1v) is 8.83. The second-order valence-electron chi connectivity index (χ2n) is 6.86. The second-order valence-corrected chi connectivity index (χ2v) is 6.86. The number of anilines is 1. The molecule has 2 N–H and O–H groups in total. The van der Waals surface area contributed by atoms with Crippen molar-refractivity contribution in [1.29, 1.82) is 0 Å². The van der Waals surface area contributed by atoms with Gasteiger partial charge in [-0.3, -0.25) is 14.4 Å². The highest BCUT2D eigenvalue weighted by molar-refractivity contribution is 5.99. The lowest BCUT2D eigenvalue weighted by atomic mass is 10.0. The van der Waals surface area contributed by atoms with Crippen molar-refractivity contribution in [2.24, 2.45) is 5.92 Å². The Morgan fingerprint density at radius 3 is 2.34 bits per heavy atom. The van der Waals surface area contributed by atoms with Crippen LogP contribution in [0.5, 0.6) is 0 Å². The Kier molecular flexibility index (Phi) is 7.03. The zero-order valence-electron chi connectivity index (χ0n) is 16.5. The van der Waals surface area contributed by atoms with Gasteiger partial charge in [-0.1, -0.05) is 25.1 Å². The van der Waals surface area contributed by atoms with Gasteiger partial charge in [0.25, 0.3) is 5.91 Å². The van der Waals surface area contributed by atoms with Crippen LogP contribution < -0.4 is 10.6 Å². The molecule has 2 rings (SSSR count). The fraction of sp³-hybridized carbons (Fsp3) is 0.368. The number of nitrogens with zero attached hydrogens (tertiary/aromatic N) is 2. The van der Waals surface area contributed by atoms with Crippen LogP contribution in [0.2, 0.25) is 0 Å². The molecular formula is C19H22F2N4O4. The molecule has 0 aliphatic carbocycles. The Morgan fingerprint density at radius 1 is 1.21 bits per heavy atom. The highest BCUT2D eigenvalue weighted by Crippen LogP contribution is 2.14. The van der Waals surface area contributed by atoms with E-state index in [0.717, 1.165) is 23.1 Å². The van der Waals surface area contributed by atoms with Gasteiger partial charge in [0.15, 0.2) is 5.82 Å². The summed E-state index contributed by atoms with van der Waals surface area (Å²) in [5.41, 5.74) is -0.771. The van der Waals surface area contributed by atoms with E-state index in [9.17, 15) is 23.2 Å². The van der Waals surface area contributed by atoms with Gasteiger partial charge in [0.05, 0.1) is 6.54 Å². The molecule has 3 amide bonds. The molecule has 10 heteroatoms. The second kappa shape index (κ2) is 9.26. The van der Waals surface area contributed by atoms with E-state index in [1.54, 1.807) is 20.8 Å². The number of benzene rings is 1. The zero-order chi connectivity index (χ0) is 21.7. The molecule has 0 aliphatic heterocycles. The van der Waals surface area contributed by atoms with Gasteiger partial charge in [0.2, 0.25) is 11.8 Å². The van der Waals surface area contributed by atoms with E-state index in [0.29, 0.717) is 5.76 Å². The molecule has 1 aromatic heterocycles. The van der Waals surface area contributed by atoms with Crippen molar-refractivity contribution >= 4 is 23.5 Å². The van der Waals surface area contributed by atoms with Gasteiger partial charge in [0.1, 0.15) is 29.0 Å². The van der Waals surface area contributed by atoms with Gasteiger partial charge >= 0.3 is 0 Å². The molecule has 0 fully saturated rings. The molecule has 0 saturated heterocycles. The number of carbonyl (C=O) groups is 3. The number of aryl methyl sites for hydroxylation is 1. The summed E-state index contributed by atoms with van der Waals surface area (Å²) in [6.45, 7) is 4.66. The molecule has 1 aromatic carbocycles. The molecule has 0 unspecified atom stereocenters. The average molecular weight is 408 g/mol. The topological polar surface area (TPSA) is 105 Å². The van der Waals surface area contributed by atoms with E-state index >= 15 is 0 Å². The summed E-state index contributed by atoms with van der Waals surface area (Å²) in [5, 5.41) is 8.45. The number of hydrogen-bond donors (Lipinski definition) is 2. The maximum absolute atomic E-state index is 13.8. The number of likely N-dealkylation sites (N-methyl/N-ethyl adjacent to an activating group) is 1. The summed E-state index contributed by atoms with van der Waals surface area (Å²) in [4.78, 5) is 38.2. The smallest absolute Gasteiger partial charge is 0.257 e. The maximum atomic E-state index is 13.8. The van der Waals surface area contributed by atoms with Crippen molar-refractivity contribution < 1.29 is 27.7 Å². The van der Waals surface area contributed by atoms with Crippen LogP contribution in [-0.2, 0) is 9.59 Å². The van der Waals surface area contributed by atoms with Crippen LogP contribution in [-0.4, -0.2) is 47.4 Å². The van der Waals surface area contributed by atoms with Crippen LogP contribution in [0.15, 0.2) is 28.8 Å². The first-order chi connectivity index (χ1) is 13.6. The SMILES string of the molecule is Cc1cc(NC(=O)CN(C)C(=O)[C@@H](NC(=O)c2c(F)cccc2F)C(C)C)no1. The summed E-state index contributed by atoms with van der Waals surface area (Å²) in [6, 6.07) is 3.46. The van der Waals surface area contributed by atoms with Gasteiger partial charge in [-0.05, 0) is 25.0 Å². The highest BCUT2D eigenvalue weighted by Gasteiger charge is 2.30. The van der Waals surface area contributed by atoms with Crippen molar-refractivity contribution in [3.05, 3.63) is 47.2 Å². The minimum absolute atomic E-state index is 0.206. The van der Waals surface area contributed by atoms with Crippen LogP contribution >= 0.6 is 0 Å². The van der Waals surface area contributed by atoms with E-state index in [1.165, 1.54) is 13.1 Å². The average Bonchev–Trinajstić information content (AvgIpc) is 3.03. The number of aromatic nitrogens is 1. The normalized spacial score (nSPS) is 11.8. The third kappa shape index (κ3) is 5.59. The number of carbonyl (C=O) groups excluding carboxylic acids is 3. The van der Waals surface area contributed by atoms with Gasteiger partial charge in [-0.25, -0.2) is 8.78 Å². The van der Waals surface area contributed by atoms with E-state index in [4.69, 9.17) is 4.52 Å². The third-order valence-electron chi connectivity index (χ3n) is 4.06. The van der Waals surface area contributed by atoms with E-state index in [1.807, 2.05) is 0 Å². The molecule has 0 saturated carbocycles. The van der Waals surface area contributed by atoms with Crippen molar-refractivity contribution in [2.75, 3.05) is 18.9 Å². The van der Waals surface area contributed by atoms with Gasteiger partial charge in [-0.15, -0.1) is 0 Å². The summed E-state index contributed by atoms with van der Waals surface area (Å²) in [5.74, 6) is -3.92. The van der Waals surface area contributed by atoms with E-state index in [-0.39, 0.29) is 12.4 Å². The van der Waals surface area contributed by atoms with Crippen LogP contribution in [0.3, 0.4) is 0 Å². The van der Waals surface area contributed by atoms with Gasteiger partial charge in [-0.2, -0.15) is 0 Å². The van der Waals surface area contributed by atoms with Crippen LogP contribution in [0.1, 0.15) is 30.0 Å². The Balaban J connectivity index is 2.06. The minimum Gasteiger partial charge on any atom is -0.360 e. The Morgan fingerprint density at radius 2 is 1.83 bits per heavy atom. The lowest BCUT2D eigenvalue weighted by Crippen LogP contribution is -2.51. The molecule has 29 heavy (non-hydrogen) atoms. The first kappa shape index (κ1) is 22.0. The number of amides is 3. The maximum Gasteiger partial charge on any atom is 0.257 e. The lowest BCUT2D eigenvalue weighted by molar-refractivity contribution is -0.135. The molecule has 2 aromatic rings. The standard InChI is InChI=1S/C19H22F2N4O4/c1-10(2)17(23-18(27)16-12(20)6-5-7-13(16)21)19(28)25(4)9-15(26)22-14-8-11(3)29-24-14/h5-8,10,17H,9H2,1-4H3,(H,23,27)(H,22,24,26)/t17-/m0/s1. The largest absolute Gasteiger partial charge is 0.360 e. The van der Waals surface area contributed by atoms with Crippen molar-refractivity contribution in [3.63, 3.8) is 0 Å². The Hall–Kier alpha value is -3.30. The summed E-state index contributed by atoms with van der Waals surface area (Å²) < 4.78 is 32.5. The summed E-state index contributed by atoms with van der Waals surface area (Å²) in [6.07, 6.45) is 0. The molecule has 0 aliphatic rings. The first-order valence-electron chi connectivity index (χ1n) is 8.83. The Bertz CT molecular complexity index is 893. The zero-order valence-corrected chi connectivity index (χ0v) is 16.5. The van der Waals surface area contributed by atoms with Crippen LogP contribution in [0.25, 0.3) is 0 Å². The van der Waals surface area contributed by atoms with Crippen LogP contribution in [0, 0.1) is 24.5 Å². The third-order valence-corrected chi connectivity index (χ3v) is 4.06. The fourth-order valence-electron chi connectivity index (χ4n) is 2.58. The predicted molar refractivity (Wildman–Crippen MR) is 100.0 cm³/mol. The summed E-state index contributed by atoms with van der Waals surface area (Å²) >= 11 is 0. The molecular weight excluding hydrogens is 386 g/mol. The lowest BCUT2D eigenvalue weighted by Gasteiger charge is -2.26. The van der Waals surface area contributed by atoms with Gasteiger partial charge < -0.3 is 20.1 Å². The molecule has 0 spiro atoms. The molecule has 0 radical (unpaired) electrons. The van der Waals surface area contributed by atoms with Crippen molar-refractivity contribution in [1.82, 2.24) is 15.4 Å². The van der Waals surface area contributed by atoms with Crippen molar-refractivity contribution in [3.8, 4) is 0 Å². The number of hydrogen-bond acceptors (Lipinski definition) is 5. The molecule has 8 nitrogen and oxygen atoms in total. The van der Waals surface area contributed by atoms with Gasteiger partial charge in [0, 0.05) is 13.1 Å². The quantitative estimate of drug-likeness (QED) is 0.730. The number of halogens is 2. The number of rotatable bonds is 7. The Labute approximate surface area is 166 Å². The van der Waals surface area contributed by atoms with E-state index in [2.05, 4.69) is 15.8 Å². The summed E-state index contributed by atoms with van der Waals surface area (Å²) in [7, 11) is 1.38. The minimum atomic E-state index is -1.09. The van der Waals surface area contributed by atoms with Crippen LogP contribution in [0.4, 0.5) is 14.6 Å².